The van der Waals surface area contributed by atoms with Gasteiger partial charge in [0.1, 0.15) is 65.7 Å². The van der Waals surface area contributed by atoms with E-state index >= 15 is 0 Å². The molecule has 2 aliphatic heterocycles. The quantitative estimate of drug-likeness (QED) is 0.0270. The summed E-state index contributed by atoms with van der Waals surface area (Å²) in [5, 5.41) is 3.75. The average molecular weight is 1900 g/mol. The molecule has 28 heteroatoms. The van der Waals surface area contributed by atoms with Crippen LogP contribution in [0.2, 0.25) is 20.1 Å². The highest BCUT2D eigenvalue weighted by molar-refractivity contribution is 8.00. The number of thioether (sulfide) groups is 4. The van der Waals surface area contributed by atoms with E-state index in [4.69, 9.17) is 114 Å². The summed E-state index contributed by atoms with van der Waals surface area (Å²) >= 11 is 39.8. The van der Waals surface area contributed by atoms with Gasteiger partial charge in [0.05, 0.1) is 170 Å². The molecule has 9 rings (SSSR count). The van der Waals surface area contributed by atoms with Gasteiger partial charge < -0.3 is 66.6 Å². The standard InChI is InChI=1S/C98H152Cl4N12O8S4/c1-27-111(28-2)43-55-123-87-75(99)79(115-47-35-59(9)10)67-71(83(87)119-51-39-63(17)18)95-103-91(67)107-97-74-70(82(118-50-38-62(15)16)78(102)90(86(74)122-54-42-66(23)24)126-58-46-114(26,33-7)34-8)94(110-97)106-96-72-68(80(116-48-36-60(11)12)76(100)88(84(72)120-52-40-64(19)20)124-56-44-112(29-3)30-4)92(104-96)108-98-73-69(93(105-95)109-98)81(117-49-37-61(13)14)77(101)89(85(73)121-53-41-65(21)22)125-57-45-113(25,31-5)32-6/h59-66H,27-58H2,1-26H3,(H2,103,104,105,106,107,108,109,110)/q+2. The Morgan fingerprint density at radius 3 is 0.738 bits per heavy atom. The number of H-pyrrole nitrogens is 2. The van der Waals surface area contributed by atoms with E-state index in [0.717, 1.165) is 139 Å². The van der Waals surface area contributed by atoms with E-state index in [1.54, 1.807) is 47.0 Å². The summed E-state index contributed by atoms with van der Waals surface area (Å²) in [4.78, 5) is 51.4. The first-order chi connectivity index (χ1) is 60.1. The summed E-state index contributed by atoms with van der Waals surface area (Å²) < 4.78 is 61.0. The molecule has 0 fully saturated rings. The van der Waals surface area contributed by atoms with Gasteiger partial charge in [-0.05, 0) is 153 Å². The number of ether oxygens (including phenoxy) is 8. The number of halogens is 4. The van der Waals surface area contributed by atoms with Crippen LogP contribution in [0.1, 0.15) is 218 Å². The number of rotatable bonds is 56. The van der Waals surface area contributed by atoms with E-state index in [1.165, 1.54) is 0 Å². The Morgan fingerprint density at radius 1 is 0.286 bits per heavy atom. The minimum absolute atomic E-state index is 0.233. The molecule has 0 amide bonds. The fraction of sp³-hybridized carbons (Fsp3) is 0.673. The van der Waals surface area contributed by atoms with Crippen molar-refractivity contribution in [1.29, 1.82) is 0 Å². The van der Waals surface area contributed by atoms with Crippen LogP contribution in [-0.2, 0) is 0 Å². The van der Waals surface area contributed by atoms with Gasteiger partial charge in [-0.2, -0.15) is 0 Å². The zero-order chi connectivity index (χ0) is 92.0. The Hall–Kier alpha value is -4.96. The van der Waals surface area contributed by atoms with E-state index in [2.05, 4.69) is 200 Å². The number of hydrogen-bond donors (Lipinski definition) is 2. The molecule has 8 bridgehead atoms. The van der Waals surface area contributed by atoms with Gasteiger partial charge in [-0.3, -0.25) is 0 Å². The topological polar surface area (TPSA) is 189 Å². The molecule has 0 atom stereocenters. The third kappa shape index (κ3) is 26.7. The van der Waals surface area contributed by atoms with Crippen molar-refractivity contribution in [2.24, 2.45) is 47.3 Å². The summed E-state index contributed by atoms with van der Waals surface area (Å²) in [7, 11) is 4.62. The predicted molar refractivity (Wildman–Crippen MR) is 538 cm³/mol. The number of nitrogens with zero attached hydrogens (tertiary/aromatic N) is 10. The minimum Gasteiger partial charge on any atom is -0.492 e. The van der Waals surface area contributed by atoms with E-state index in [-0.39, 0.29) is 70.6 Å². The summed E-state index contributed by atoms with van der Waals surface area (Å²) in [5.74, 6) is 9.66. The molecule has 4 aromatic carbocycles. The fourth-order valence-electron chi connectivity index (χ4n) is 14.6. The summed E-state index contributed by atoms with van der Waals surface area (Å²) in [6.07, 6.45) is 5.80. The average Bonchev–Trinajstić information content (AvgIpc) is 1.55. The number of aromatic nitrogens is 8. The van der Waals surface area contributed by atoms with Crippen LogP contribution in [0.15, 0.2) is 19.6 Å². The molecular weight excluding hydrogens is 1740 g/mol. The van der Waals surface area contributed by atoms with E-state index in [9.17, 15) is 0 Å². The van der Waals surface area contributed by atoms with Crippen LogP contribution < -0.4 is 37.9 Å². The van der Waals surface area contributed by atoms with Gasteiger partial charge >= 0.3 is 0 Å². The normalized spacial score (nSPS) is 12.6. The molecule has 3 aromatic heterocycles. The Balaban J connectivity index is 1.70. The van der Waals surface area contributed by atoms with Crippen molar-refractivity contribution in [1.82, 2.24) is 49.7 Å². The molecule has 0 unspecified atom stereocenters. The highest BCUT2D eigenvalue weighted by Crippen LogP contribution is 2.60. The van der Waals surface area contributed by atoms with Gasteiger partial charge in [0.25, 0.3) is 0 Å². The molecule has 0 saturated heterocycles. The van der Waals surface area contributed by atoms with Gasteiger partial charge in [-0.1, -0.05) is 185 Å². The third-order valence-electron chi connectivity index (χ3n) is 24.3. The molecule has 7 aromatic rings. The number of quaternary nitrogens is 2. The lowest BCUT2D eigenvalue weighted by Gasteiger charge is -2.32. The molecule has 20 nitrogen and oxygen atoms in total. The highest BCUT2D eigenvalue weighted by Gasteiger charge is 2.40. The van der Waals surface area contributed by atoms with Crippen LogP contribution in [0.5, 0.6) is 46.0 Å². The fourth-order valence-corrected chi connectivity index (χ4v) is 20.8. The molecule has 0 aliphatic carbocycles. The second-order valence-corrected chi connectivity index (χ2v) is 43.4. The van der Waals surface area contributed by atoms with Gasteiger partial charge in [0.15, 0.2) is 46.3 Å². The largest absolute Gasteiger partial charge is 0.492 e. The second-order valence-electron chi connectivity index (χ2n) is 37.5. The van der Waals surface area contributed by atoms with Crippen LogP contribution >= 0.6 is 93.5 Å². The number of benzene rings is 4. The maximum atomic E-state index is 8.31. The zero-order valence-corrected chi connectivity index (χ0v) is 87.4. The smallest absolute Gasteiger partial charge is 0.168 e. The van der Waals surface area contributed by atoms with Crippen molar-refractivity contribution >= 4 is 138 Å². The lowest BCUT2D eigenvalue weighted by molar-refractivity contribution is -0.903. The SMILES string of the molecule is CCN(CC)CCSc1c(Cl)c(OCCC(C)C)c2c3nc4nc(nc5[nH]c(nc6nc(nc([nH]3)c2c1OCCC(C)C)-c1c(OCCC(C)C)c(Cl)c(SCC[N+](C)(CC)CC)c(OCCC(C)C)c1-6)c1c(OCCC(C)C)c(Cl)c(SCCN(CC)CC)c(OCCC(C)C)c51)-c1c(OCCC(C)C)c(Cl)c(SCC[N+](C)(CC)CC)c(OCCC(C)C)c1-4. The minimum atomic E-state index is 0.233. The molecule has 2 N–H and O–H groups in total. The zero-order valence-electron chi connectivity index (χ0n) is 81.1. The maximum Gasteiger partial charge on any atom is 0.168 e. The molecule has 2 aliphatic rings. The van der Waals surface area contributed by atoms with Crippen LogP contribution in [0, 0.1) is 47.3 Å². The maximum absolute atomic E-state index is 8.31. The molecule has 0 saturated carbocycles. The van der Waals surface area contributed by atoms with E-state index in [0.29, 0.717) is 228 Å². The highest BCUT2D eigenvalue weighted by atomic mass is 35.5. The Kier molecular flexibility index (Phi) is 41.3. The monoisotopic (exact) mass is 1890 g/mol. The molecule has 0 radical (unpaired) electrons. The van der Waals surface area contributed by atoms with Crippen LogP contribution in [-0.4, -0.2) is 227 Å². The number of nitrogens with one attached hydrogen (secondary N) is 2. The van der Waals surface area contributed by atoms with Gasteiger partial charge in [-0.15, -0.1) is 47.0 Å². The summed E-state index contributed by atoms with van der Waals surface area (Å²) in [5.41, 5.74) is 3.40. The Labute approximate surface area is 792 Å². The molecule has 126 heavy (non-hydrogen) atoms. The van der Waals surface area contributed by atoms with Crippen molar-refractivity contribution in [2.45, 2.75) is 237 Å². The van der Waals surface area contributed by atoms with Crippen molar-refractivity contribution in [3.63, 3.8) is 0 Å². The van der Waals surface area contributed by atoms with Crippen molar-refractivity contribution in [3.8, 4) is 91.5 Å². The van der Waals surface area contributed by atoms with Gasteiger partial charge in [-0.25, -0.2) is 29.9 Å². The number of aromatic amines is 2. The van der Waals surface area contributed by atoms with Gasteiger partial charge in [0.2, 0.25) is 0 Å². The Morgan fingerprint density at radius 2 is 0.492 bits per heavy atom. The van der Waals surface area contributed by atoms with Crippen LogP contribution in [0.25, 0.3) is 89.7 Å². The molecular formula is C98H152Cl4N12O8S4+2. The number of fused-ring (bicyclic) bond motifs is 20. The first-order valence-electron chi connectivity index (χ1n) is 47.2. The number of hydrogen-bond acceptors (Lipinski definition) is 20. The van der Waals surface area contributed by atoms with E-state index in [1.807, 2.05) is 0 Å². The molecule has 702 valence electrons. The first kappa shape index (κ1) is 105. The molecule has 5 heterocycles. The Bertz CT molecular complexity index is 4590. The van der Waals surface area contributed by atoms with Crippen molar-refractivity contribution < 1.29 is 46.9 Å². The lowest BCUT2D eigenvalue weighted by Crippen LogP contribution is -2.45. The summed E-state index contributed by atoms with van der Waals surface area (Å²) in [6.45, 7) is 66.4. The van der Waals surface area contributed by atoms with Crippen LogP contribution in [0.4, 0.5) is 0 Å². The second kappa shape index (κ2) is 49.7. The van der Waals surface area contributed by atoms with Crippen molar-refractivity contribution in [2.75, 3.05) is 168 Å². The molecule has 0 spiro atoms. The first-order valence-corrected chi connectivity index (χ1v) is 52.7. The lowest BCUT2D eigenvalue weighted by atomic mass is 10.0. The van der Waals surface area contributed by atoms with Gasteiger partial charge in [0, 0.05) is 36.1 Å². The van der Waals surface area contributed by atoms with E-state index < -0.39 is 0 Å². The van der Waals surface area contributed by atoms with Crippen LogP contribution in [0.3, 0.4) is 0 Å². The predicted octanol–water partition coefficient (Wildman–Crippen LogP) is 26.9. The third-order valence-corrected chi connectivity index (χ3v) is 30.4. The van der Waals surface area contributed by atoms with Crippen molar-refractivity contribution in [3.05, 3.63) is 20.1 Å². The summed E-state index contributed by atoms with van der Waals surface area (Å²) in [6, 6.07) is 0.